The molecule has 4 aliphatic carbocycles. The first-order valence-corrected chi connectivity index (χ1v) is 7.02. The standard InChI is InChI=1S/C14H19NO2/c16-12-1-2-13(17)15(12)14-6-9-3-10(7-14)5-11(4-9)8-14/h9-11H,1-8H2. The van der Waals surface area contributed by atoms with E-state index in [9.17, 15) is 9.59 Å². The Bertz CT molecular complexity index is 350. The highest BCUT2D eigenvalue weighted by molar-refractivity contribution is 6.02. The van der Waals surface area contributed by atoms with E-state index >= 15 is 0 Å². The van der Waals surface area contributed by atoms with Crippen molar-refractivity contribution in [2.75, 3.05) is 0 Å². The van der Waals surface area contributed by atoms with Gasteiger partial charge in [-0.25, -0.2) is 0 Å². The summed E-state index contributed by atoms with van der Waals surface area (Å²) in [7, 11) is 0. The van der Waals surface area contributed by atoms with Gasteiger partial charge in [-0.1, -0.05) is 0 Å². The molecule has 5 rings (SSSR count). The minimum absolute atomic E-state index is 0.0422. The topological polar surface area (TPSA) is 37.4 Å². The van der Waals surface area contributed by atoms with Crippen molar-refractivity contribution in [2.24, 2.45) is 17.8 Å². The Morgan fingerprint density at radius 3 is 1.65 bits per heavy atom. The van der Waals surface area contributed by atoms with Crippen LogP contribution >= 0.6 is 0 Å². The number of hydrogen-bond acceptors (Lipinski definition) is 2. The molecule has 1 heterocycles. The maximum absolute atomic E-state index is 12.0. The van der Waals surface area contributed by atoms with Crippen molar-refractivity contribution in [3.05, 3.63) is 0 Å². The van der Waals surface area contributed by atoms with Gasteiger partial charge >= 0.3 is 0 Å². The van der Waals surface area contributed by atoms with Crippen molar-refractivity contribution in [2.45, 2.75) is 56.9 Å². The molecule has 3 heteroatoms. The molecule has 0 radical (unpaired) electrons. The Balaban J connectivity index is 1.72. The van der Waals surface area contributed by atoms with Crippen LogP contribution in [0.15, 0.2) is 0 Å². The lowest BCUT2D eigenvalue weighted by Gasteiger charge is -2.59. The van der Waals surface area contributed by atoms with Crippen LogP contribution < -0.4 is 0 Å². The van der Waals surface area contributed by atoms with Crippen LogP contribution in [0.3, 0.4) is 0 Å². The highest BCUT2D eigenvalue weighted by Gasteiger charge is 2.57. The number of rotatable bonds is 1. The molecule has 0 aromatic heterocycles. The number of hydrogen-bond donors (Lipinski definition) is 0. The van der Waals surface area contributed by atoms with Gasteiger partial charge in [-0.2, -0.15) is 0 Å². The molecule has 0 aromatic rings. The number of carbonyl (C=O) groups excluding carboxylic acids is 2. The molecule has 0 atom stereocenters. The predicted octanol–water partition coefficient (Wildman–Crippen LogP) is 2.10. The minimum atomic E-state index is -0.0422. The van der Waals surface area contributed by atoms with Crippen LogP contribution in [0.1, 0.15) is 51.4 Å². The summed E-state index contributed by atoms with van der Waals surface area (Å²) in [6.07, 6.45) is 8.31. The molecule has 92 valence electrons. The van der Waals surface area contributed by atoms with Crippen molar-refractivity contribution in [1.82, 2.24) is 4.90 Å². The Hall–Kier alpha value is -0.860. The first-order valence-electron chi connectivity index (χ1n) is 7.02. The maximum Gasteiger partial charge on any atom is 0.230 e. The fourth-order valence-electron chi connectivity index (χ4n) is 5.44. The van der Waals surface area contributed by atoms with Gasteiger partial charge in [0.1, 0.15) is 0 Å². The summed E-state index contributed by atoms with van der Waals surface area (Å²) < 4.78 is 0. The largest absolute Gasteiger partial charge is 0.276 e. The summed E-state index contributed by atoms with van der Waals surface area (Å²) in [5.74, 6) is 2.60. The van der Waals surface area contributed by atoms with E-state index < -0.39 is 0 Å². The minimum Gasteiger partial charge on any atom is -0.276 e. The lowest BCUT2D eigenvalue weighted by atomic mass is 9.52. The number of amides is 2. The average molecular weight is 233 g/mol. The second-order valence-corrected chi connectivity index (χ2v) is 6.76. The van der Waals surface area contributed by atoms with Gasteiger partial charge in [-0.05, 0) is 56.3 Å². The molecule has 0 spiro atoms. The van der Waals surface area contributed by atoms with Gasteiger partial charge in [0, 0.05) is 12.8 Å². The SMILES string of the molecule is O=C1CCC(=O)N1C12CC3CC(CC(C3)C1)C2. The molecule has 1 aliphatic heterocycles. The first-order chi connectivity index (χ1) is 8.16. The van der Waals surface area contributed by atoms with Gasteiger partial charge in [0.15, 0.2) is 0 Å². The lowest BCUT2D eigenvalue weighted by Crippen LogP contribution is -2.61. The van der Waals surface area contributed by atoms with Crippen LogP contribution in [-0.2, 0) is 9.59 Å². The molecule has 0 aromatic carbocycles. The molecule has 5 fully saturated rings. The normalized spacial score (nSPS) is 48.2. The van der Waals surface area contributed by atoms with Crippen LogP contribution in [0.4, 0.5) is 0 Å². The van der Waals surface area contributed by atoms with E-state index in [2.05, 4.69) is 0 Å². The maximum atomic E-state index is 12.0. The molecule has 5 aliphatic rings. The molecule has 17 heavy (non-hydrogen) atoms. The smallest absolute Gasteiger partial charge is 0.230 e. The van der Waals surface area contributed by atoms with Gasteiger partial charge in [0.05, 0.1) is 5.54 Å². The van der Waals surface area contributed by atoms with E-state index in [4.69, 9.17) is 0 Å². The van der Waals surface area contributed by atoms with Crippen LogP contribution in [0.25, 0.3) is 0 Å². The fourth-order valence-corrected chi connectivity index (χ4v) is 5.44. The number of carbonyl (C=O) groups is 2. The number of imide groups is 1. The van der Waals surface area contributed by atoms with Crippen LogP contribution in [0, 0.1) is 17.8 Å². The third-order valence-corrected chi connectivity index (χ3v) is 5.53. The summed E-state index contributed by atoms with van der Waals surface area (Å²) in [5.41, 5.74) is -0.0422. The van der Waals surface area contributed by atoms with Crippen molar-refractivity contribution < 1.29 is 9.59 Å². The highest BCUT2D eigenvalue weighted by Crippen LogP contribution is 2.58. The van der Waals surface area contributed by atoms with E-state index in [0.717, 1.165) is 37.0 Å². The summed E-state index contributed by atoms with van der Waals surface area (Å²) in [6.45, 7) is 0. The van der Waals surface area contributed by atoms with Gasteiger partial charge in [-0.15, -0.1) is 0 Å². The molecule has 0 unspecified atom stereocenters. The molecule has 1 saturated heterocycles. The second kappa shape index (κ2) is 3.12. The van der Waals surface area contributed by atoms with Gasteiger partial charge < -0.3 is 0 Å². The van der Waals surface area contributed by atoms with Gasteiger partial charge in [0.2, 0.25) is 11.8 Å². The van der Waals surface area contributed by atoms with E-state index in [1.807, 2.05) is 0 Å². The zero-order valence-corrected chi connectivity index (χ0v) is 10.2. The first kappa shape index (κ1) is 10.1. The van der Waals surface area contributed by atoms with E-state index in [1.54, 1.807) is 4.90 Å². The highest BCUT2D eigenvalue weighted by atomic mass is 16.2. The molecule has 4 bridgehead atoms. The third-order valence-electron chi connectivity index (χ3n) is 5.53. The van der Waals surface area contributed by atoms with Crippen LogP contribution in [0.5, 0.6) is 0 Å². The molecule has 0 N–H and O–H groups in total. The Morgan fingerprint density at radius 1 is 0.824 bits per heavy atom. The molecule has 2 amide bonds. The van der Waals surface area contributed by atoms with Crippen molar-refractivity contribution in [1.29, 1.82) is 0 Å². The second-order valence-electron chi connectivity index (χ2n) is 6.76. The van der Waals surface area contributed by atoms with E-state index in [-0.39, 0.29) is 17.4 Å². The van der Waals surface area contributed by atoms with Crippen LogP contribution in [0.2, 0.25) is 0 Å². The molecular formula is C14H19NO2. The zero-order chi connectivity index (χ0) is 11.6. The Labute approximate surface area is 102 Å². The summed E-state index contributed by atoms with van der Waals surface area (Å²) >= 11 is 0. The summed E-state index contributed by atoms with van der Waals surface area (Å²) in [4.78, 5) is 25.7. The molecule has 3 nitrogen and oxygen atoms in total. The van der Waals surface area contributed by atoms with Crippen molar-refractivity contribution in [3.63, 3.8) is 0 Å². The molecule has 4 saturated carbocycles. The summed E-state index contributed by atoms with van der Waals surface area (Å²) in [5, 5.41) is 0. The van der Waals surface area contributed by atoms with Gasteiger partial charge in [-0.3, -0.25) is 14.5 Å². The Kier molecular flexibility index (Phi) is 1.85. The summed E-state index contributed by atoms with van der Waals surface area (Å²) in [6, 6.07) is 0. The Morgan fingerprint density at radius 2 is 1.24 bits per heavy atom. The lowest BCUT2D eigenvalue weighted by molar-refractivity contribution is -0.157. The predicted molar refractivity (Wildman–Crippen MR) is 62.0 cm³/mol. The quantitative estimate of drug-likeness (QED) is 0.650. The number of nitrogens with zero attached hydrogens (tertiary/aromatic N) is 1. The van der Waals surface area contributed by atoms with Crippen LogP contribution in [-0.4, -0.2) is 22.3 Å². The fraction of sp³-hybridized carbons (Fsp3) is 0.857. The van der Waals surface area contributed by atoms with E-state index in [0.29, 0.717) is 12.8 Å². The zero-order valence-electron chi connectivity index (χ0n) is 10.2. The van der Waals surface area contributed by atoms with Crippen molar-refractivity contribution in [3.8, 4) is 0 Å². The monoisotopic (exact) mass is 233 g/mol. The van der Waals surface area contributed by atoms with Gasteiger partial charge in [0.25, 0.3) is 0 Å². The average Bonchev–Trinajstić information content (AvgIpc) is 2.56. The third kappa shape index (κ3) is 1.28. The van der Waals surface area contributed by atoms with Crippen molar-refractivity contribution >= 4 is 11.8 Å². The number of likely N-dealkylation sites (tertiary alicyclic amines) is 1. The molecular weight excluding hydrogens is 214 g/mol. The van der Waals surface area contributed by atoms with E-state index in [1.165, 1.54) is 19.3 Å².